The fourth-order valence-electron chi connectivity index (χ4n) is 10.9. The predicted molar refractivity (Wildman–Crippen MR) is 259 cm³/mol. The molecule has 4 unspecified atom stereocenters. The van der Waals surface area contributed by atoms with Gasteiger partial charge in [-0.25, -0.2) is 0 Å². The first kappa shape index (κ1) is 56.8. The molecule has 0 bridgehead atoms. The first-order valence-corrected chi connectivity index (χ1v) is 24.3. The molecule has 3 aliphatic rings. The van der Waals surface area contributed by atoms with Crippen molar-refractivity contribution in [1.82, 2.24) is 15.1 Å². The number of carbonyl (C=O) groups is 1. The fourth-order valence-corrected chi connectivity index (χ4v) is 11.1. The highest BCUT2D eigenvalue weighted by Gasteiger charge is 2.53. The molecule has 4 rings (SSSR count). The van der Waals surface area contributed by atoms with Gasteiger partial charge in [-0.2, -0.15) is 0 Å². The van der Waals surface area contributed by atoms with Crippen LogP contribution in [0.25, 0.3) is 0 Å². The third-order valence-corrected chi connectivity index (χ3v) is 16.0. The van der Waals surface area contributed by atoms with Crippen molar-refractivity contribution >= 4 is 34.7 Å². The second kappa shape index (κ2) is 23.4. The van der Waals surface area contributed by atoms with Gasteiger partial charge in [0.05, 0.1) is 71.4 Å². The summed E-state index contributed by atoms with van der Waals surface area (Å²) in [4.78, 5) is 28.9. The molecule has 0 radical (unpaired) electrons. The van der Waals surface area contributed by atoms with E-state index in [0.29, 0.717) is 31.5 Å². The van der Waals surface area contributed by atoms with E-state index in [1.165, 1.54) is 32.2 Å². The van der Waals surface area contributed by atoms with E-state index < -0.39 is 88.3 Å². The van der Waals surface area contributed by atoms with Crippen molar-refractivity contribution in [3.63, 3.8) is 0 Å². The van der Waals surface area contributed by atoms with Crippen LogP contribution in [0.15, 0.2) is 18.2 Å². The molecule has 1 aromatic carbocycles. The van der Waals surface area contributed by atoms with Crippen LogP contribution in [0.3, 0.4) is 0 Å². The average Bonchev–Trinajstić information content (AvgIpc) is 3.26. The molecule has 0 spiro atoms. The van der Waals surface area contributed by atoms with Gasteiger partial charge in [-0.15, -0.1) is 0 Å². The van der Waals surface area contributed by atoms with E-state index in [4.69, 9.17) is 35.9 Å². The molecule has 67 heavy (non-hydrogen) atoms. The zero-order valence-electron chi connectivity index (χ0n) is 42.3. The van der Waals surface area contributed by atoms with Crippen LogP contribution in [-0.4, -0.2) is 177 Å². The molecule has 19 heteroatoms. The van der Waals surface area contributed by atoms with E-state index in [9.17, 15) is 40.4 Å². The normalized spacial score (nSPS) is 40.8. The van der Waals surface area contributed by atoms with Gasteiger partial charge in [0.25, 0.3) is 5.69 Å². The molecule has 0 aliphatic carbocycles. The highest BCUT2D eigenvalue weighted by Crippen LogP contribution is 2.47. The first-order chi connectivity index (χ1) is 31.1. The maximum absolute atomic E-state index is 14.1. The summed E-state index contributed by atoms with van der Waals surface area (Å²) < 4.78 is 30.3. The molecule has 1 aromatic rings. The number of hydrogen-bond donors (Lipinski definition) is 7. The molecule has 7 N–H and O–H groups in total. The Morgan fingerprint density at radius 2 is 1.66 bits per heavy atom. The maximum Gasteiger partial charge on any atom is 0.309 e. The van der Waals surface area contributed by atoms with E-state index in [0.717, 1.165) is 0 Å². The van der Waals surface area contributed by atoms with E-state index in [1.54, 1.807) is 27.9 Å². The molecule has 0 aromatic heterocycles. The minimum Gasteiger partial charge on any atom is -0.494 e. The topological polar surface area (TPSA) is 238 Å². The number of nitro groups is 1. The van der Waals surface area contributed by atoms with Gasteiger partial charge in [0, 0.05) is 57.7 Å². The van der Waals surface area contributed by atoms with Crippen LogP contribution in [0.1, 0.15) is 101 Å². The minimum absolute atomic E-state index is 0.0672. The SMILES string of the molecule is COc1cc([N+](=O)[O-])ccc1NC(=S)NCCN1C[C@@H](C)CC(O)(C[C@@H]2O[C@H](C)C[C@H](N(C)C)[C@@H]2O)[C@@H](C[C@@H]2CC(C)(OC)[C@H](O)[C@H](C)O2)[C@H](C)[C@@H](C)[C@@H](C)C(=O)OC(C)C(C)(O)[C@H](O)[C@H]1C. The number of cyclic esters (lactones) is 1. The van der Waals surface area contributed by atoms with Crippen molar-refractivity contribution in [2.75, 3.05) is 53.3 Å². The quantitative estimate of drug-likeness (QED) is 0.0675. The lowest BCUT2D eigenvalue weighted by Crippen LogP contribution is -2.60. The summed E-state index contributed by atoms with van der Waals surface area (Å²) in [7, 11) is 6.81. The molecule has 3 fully saturated rings. The van der Waals surface area contributed by atoms with Crippen LogP contribution in [0, 0.1) is 39.7 Å². The van der Waals surface area contributed by atoms with Gasteiger partial charge in [0.15, 0.2) is 5.11 Å². The smallest absolute Gasteiger partial charge is 0.309 e. The number of carbonyl (C=O) groups excluding carboxylic acids is 1. The third-order valence-electron chi connectivity index (χ3n) is 15.7. The van der Waals surface area contributed by atoms with Crippen molar-refractivity contribution < 1.29 is 58.9 Å². The standard InChI is InChI=1S/C48H83N5O13S/c1-26-22-48(59,24-40-41(54)38(51(11)12)19-27(2)64-40)36(21-35-23-46(9,63-14)43(56)32(7)65-35)29(4)28(3)30(5)44(57)66-33(8)47(10,58)42(55)31(6)52(25-26)18-17-49-45(67)50-37-16-15-34(53(60)61)20-39(37)62-13/h15-16,20,26-33,35-36,38,40-43,54-56,58-59H,17-19,21-25H2,1-14H3,(H2,49,50,67)/t26-,27+,28+,29+,30+,31+,32-,33?,35+,36-,38-,40-,41-,42+,43+,46?,47?,48?/m0/s1. The number of methoxy groups -OCH3 is 2. The van der Waals surface area contributed by atoms with Gasteiger partial charge in [-0.3, -0.25) is 19.8 Å². The van der Waals surface area contributed by atoms with Gasteiger partial charge in [0.1, 0.15) is 29.7 Å². The summed E-state index contributed by atoms with van der Waals surface area (Å²) in [5, 5.41) is 78.7. The molecular weight excluding hydrogens is 887 g/mol. The molecular formula is C48H83N5O13S. The largest absolute Gasteiger partial charge is 0.494 e. The Hall–Kier alpha value is -2.82. The van der Waals surface area contributed by atoms with Crippen molar-refractivity contribution in [3.8, 4) is 5.75 Å². The summed E-state index contributed by atoms with van der Waals surface area (Å²) in [5.41, 5.74) is -4.08. The molecule has 0 saturated carbocycles. The van der Waals surface area contributed by atoms with Gasteiger partial charge < -0.3 is 64.8 Å². The number of rotatable bonds is 12. The van der Waals surface area contributed by atoms with Crippen molar-refractivity contribution in [3.05, 3.63) is 28.3 Å². The van der Waals surface area contributed by atoms with E-state index in [2.05, 4.69) is 10.6 Å². The lowest BCUT2D eigenvalue weighted by molar-refractivity contribution is -0.384. The lowest BCUT2D eigenvalue weighted by Gasteiger charge is -2.51. The second-order valence-electron chi connectivity index (χ2n) is 20.8. The third kappa shape index (κ3) is 13.5. The van der Waals surface area contributed by atoms with Crippen molar-refractivity contribution in [2.24, 2.45) is 29.6 Å². The number of aliphatic hydroxyl groups is 5. The van der Waals surface area contributed by atoms with Gasteiger partial charge >= 0.3 is 5.97 Å². The molecule has 3 heterocycles. The Morgan fingerprint density at radius 3 is 2.25 bits per heavy atom. The summed E-state index contributed by atoms with van der Waals surface area (Å²) in [6, 6.07) is 3.18. The average molecular weight is 970 g/mol. The van der Waals surface area contributed by atoms with Crippen LogP contribution >= 0.6 is 12.2 Å². The van der Waals surface area contributed by atoms with Crippen molar-refractivity contribution in [2.45, 2.75) is 179 Å². The predicted octanol–water partition coefficient (Wildman–Crippen LogP) is 4.11. The number of likely N-dealkylation sites (N-methyl/N-ethyl adjacent to an activating group) is 1. The number of hydrogen-bond acceptors (Lipinski definition) is 16. The first-order valence-electron chi connectivity index (χ1n) is 23.9. The summed E-state index contributed by atoms with van der Waals surface area (Å²) in [6.07, 6.45) is -4.77. The van der Waals surface area contributed by atoms with E-state index in [-0.39, 0.29) is 72.4 Å². The maximum atomic E-state index is 14.1. The second-order valence-corrected chi connectivity index (χ2v) is 21.3. The van der Waals surface area contributed by atoms with Crippen LogP contribution in [0.4, 0.5) is 11.4 Å². The molecule has 384 valence electrons. The zero-order chi connectivity index (χ0) is 50.5. The van der Waals surface area contributed by atoms with E-state index in [1.807, 2.05) is 65.4 Å². The highest BCUT2D eigenvalue weighted by molar-refractivity contribution is 7.80. The number of anilines is 1. The molecule has 3 saturated heterocycles. The Balaban J connectivity index is 1.79. The fraction of sp³-hybridized carbons (Fsp3) is 0.833. The molecule has 3 aliphatic heterocycles. The minimum atomic E-state index is -1.88. The Labute approximate surface area is 403 Å². The van der Waals surface area contributed by atoms with Gasteiger partial charge in [0.2, 0.25) is 0 Å². The number of non-ortho nitro benzene ring substituents is 1. The summed E-state index contributed by atoms with van der Waals surface area (Å²) in [6.45, 7) is 19.1. The van der Waals surface area contributed by atoms with E-state index >= 15 is 0 Å². The van der Waals surface area contributed by atoms with Gasteiger partial charge in [-0.05, 0) is 117 Å². The number of ether oxygens (including phenoxy) is 5. The van der Waals surface area contributed by atoms with Crippen LogP contribution in [0.5, 0.6) is 5.75 Å². The zero-order valence-corrected chi connectivity index (χ0v) is 43.1. The molecule has 18 atom stereocenters. The number of nitro benzene ring substituents is 1. The summed E-state index contributed by atoms with van der Waals surface area (Å²) >= 11 is 5.62. The number of thiocarbonyl (C=S) groups is 1. The highest BCUT2D eigenvalue weighted by atomic mass is 32.1. The number of benzene rings is 1. The number of aliphatic hydroxyl groups excluding tert-OH is 3. The van der Waals surface area contributed by atoms with Crippen LogP contribution in [-0.2, 0) is 23.7 Å². The summed E-state index contributed by atoms with van der Waals surface area (Å²) in [5.74, 6) is -2.59. The van der Waals surface area contributed by atoms with Crippen LogP contribution < -0.4 is 15.4 Å². The Bertz CT molecular complexity index is 1810. The number of nitrogens with one attached hydrogen (secondary N) is 2. The number of nitrogens with zero attached hydrogens (tertiary/aromatic N) is 3. The monoisotopic (exact) mass is 970 g/mol. The van der Waals surface area contributed by atoms with Crippen LogP contribution in [0.2, 0.25) is 0 Å². The van der Waals surface area contributed by atoms with Gasteiger partial charge in [-0.1, -0.05) is 27.7 Å². The number of esters is 1. The Morgan fingerprint density at radius 1 is 1.00 bits per heavy atom. The molecule has 18 nitrogen and oxygen atoms in total. The van der Waals surface area contributed by atoms with Crippen molar-refractivity contribution in [1.29, 1.82) is 0 Å². The Kier molecular flexibility index (Phi) is 19.8. The molecule has 0 amide bonds. The lowest BCUT2D eigenvalue weighted by atomic mass is 9.63.